The highest BCUT2D eigenvalue weighted by atomic mass is 16.2. The van der Waals surface area contributed by atoms with E-state index < -0.39 is 0 Å². The van der Waals surface area contributed by atoms with Gasteiger partial charge in [-0.15, -0.1) is 0 Å². The quantitative estimate of drug-likeness (QED) is 0.857. The van der Waals surface area contributed by atoms with Crippen molar-refractivity contribution in [2.24, 2.45) is 5.92 Å². The zero-order valence-electron chi connectivity index (χ0n) is 12.9. The normalized spacial score (nSPS) is 12.6. The molecule has 2 rings (SSSR count). The molecule has 1 atom stereocenters. The molecule has 0 saturated heterocycles. The highest BCUT2D eigenvalue weighted by Crippen LogP contribution is 2.17. The zero-order valence-corrected chi connectivity index (χ0v) is 12.9. The minimum atomic E-state index is -0.160. The third-order valence-corrected chi connectivity index (χ3v) is 3.58. The number of carbonyl (C=O) groups is 1. The monoisotopic (exact) mass is 285 g/mol. The molecule has 4 nitrogen and oxygen atoms in total. The fourth-order valence-corrected chi connectivity index (χ4v) is 2.51. The van der Waals surface area contributed by atoms with Crippen LogP contribution in [0.2, 0.25) is 0 Å². The summed E-state index contributed by atoms with van der Waals surface area (Å²) < 4.78 is 0. The number of nitrogens with zero attached hydrogens (tertiary/aromatic N) is 1. The molecule has 0 aliphatic rings. The van der Waals surface area contributed by atoms with Gasteiger partial charge in [-0.3, -0.25) is 9.78 Å². The van der Waals surface area contributed by atoms with Gasteiger partial charge in [0.1, 0.15) is 0 Å². The number of benzene rings is 1. The average Bonchev–Trinajstić information content (AvgIpc) is 2.50. The second kappa shape index (κ2) is 7.18. The number of likely N-dealkylation sites (N-methyl/N-ethyl adjacent to an activating group) is 1. The molecule has 0 aliphatic heterocycles. The SMILES string of the molecule is CNC(=O)C(CC(C)C)NCc1cccc2cnccc12. The molecule has 1 aromatic carbocycles. The summed E-state index contributed by atoms with van der Waals surface area (Å²) in [5, 5.41) is 8.41. The number of hydrogen-bond donors (Lipinski definition) is 2. The predicted molar refractivity (Wildman–Crippen MR) is 85.9 cm³/mol. The maximum absolute atomic E-state index is 11.9. The molecule has 0 saturated carbocycles. The van der Waals surface area contributed by atoms with Crippen LogP contribution in [0.15, 0.2) is 36.7 Å². The maximum atomic E-state index is 11.9. The highest BCUT2D eigenvalue weighted by molar-refractivity contribution is 5.85. The van der Waals surface area contributed by atoms with Gasteiger partial charge in [-0.1, -0.05) is 32.0 Å². The second-order valence-electron chi connectivity index (χ2n) is 5.69. The van der Waals surface area contributed by atoms with E-state index in [1.54, 1.807) is 13.2 Å². The molecule has 1 heterocycles. The number of aromatic nitrogens is 1. The van der Waals surface area contributed by atoms with E-state index in [4.69, 9.17) is 0 Å². The van der Waals surface area contributed by atoms with Gasteiger partial charge < -0.3 is 10.6 Å². The molecule has 2 N–H and O–H groups in total. The minimum absolute atomic E-state index is 0.0469. The summed E-state index contributed by atoms with van der Waals surface area (Å²) in [5.41, 5.74) is 1.19. The van der Waals surface area contributed by atoms with E-state index in [-0.39, 0.29) is 11.9 Å². The second-order valence-corrected chi connectivity index (χ2v) is 5.69. The molecule has 21 heavy (non-hydrogen) atoms. The summed E-state index contributed by atoms with van der Waals surface area (Å²) >= 11 is 0. The van der Waals surface area contributed by atoms with Crippen molar-refractivity contribution in [3.05, 3.63) is 42.2 Å². The highest BCUT2D eigenvalue weighted by Gasteiger charge is 2.18. The van der Waals surface area contributed by atoms with Crippen LogP contribution in [0.3, 0.4) is 0 Å². The summed E-state index contributed by atoms with van der Waals surface area (Å²) in [7, 11) is 1.68. The average molecular weight is 285 g/mol. The Balaban J connectivity index is 2.13. The third kappa shape index (κ3) is 4.02. The fourth-order valence-electron chi connectivity index (χ4n) is 2.51. The number of pyridine rings is 1. The van der Waals surface area contributed by atoms with Crippen LogP contribution in [-0.2, 0) is 11.3 Å². The summed E-state index contributed by atoms with van der Waals surface area (Å²) in [6.07, 6.45) is 4.49. The van der Waals surface area contributed by atoms with E-state index in [1.165, 1.54) is 10.9 Å². The lowest BCUT2D eigenvalue weighted by Crippen LogP contribution is -2.43. The number of hydrogen-bond acceptors (Lipinski definition) is 3. The van der Waals surface area contributed by atoms with Gasteiger partial charge in [0, 0.05) is 31.4 Å². The van der Waals surface area contributed by atoms with E-state index in [1.807, 2.05) is 18.3 Å². The first-order valence-corrected chi connectivity index (χ1v) is 7.38. The van der Waals surface area contributed by atoms with Crippen molar-refractivity contribution >= 4 is 16.7 Å². The van der Waals surface area contributed by atoms with E-state index in [0.717, 1.165) is 11.8 Å². The van der Waals surface area contributed by atoms with Gasteiger partial charge >= 0.3 is 0 Å². The Bertz CT molecular complexity index is 605. The summed E-state index contributed by atoms with van der Waals surface area (Å²) in [4.78, 5) is 16.1. The molecule has 0 aliphatic carbocycles. The molecular formula is C17H23N3O. The van der Waals surface area contributed by atoms with Gasteiger partial charge in [0.15, 0.2) is 0 Å². The molecule has 0 bridgehead atoms. The van der Waals surface area contributed by atoms with Crippen LogP contribution in [0.4, 0.5) is 0 Å². The van der Waals surface area contributed by atoms with Crippen LogP contribution in [-0.4, -0.2) is 24.0 Å². The van der Waals surface area contributed by atoms with Crippen LogP contribution in [0.1, 0.15) is 25.8 Å². The van der Waals surface area contributed by atoms with Gasteiger partial charge in [-0.2, -0.15) is 0 Å². The van der Waals surface area contributed by atoms with E-state index in [0.29, 0.717) is 12.5 Å². The molecule has 1 unspecified atom stereocenters. The minimum Gasteiger partial charge on any atom is -0.358 e. The Hall–Kier alpha value is -1.94. The zero-order chi connectivity index (χ0) is 15.2. The molecule has 112 valence electrons. The molecule has 1 aromatic heterocycles. The predicted octanol–water partition coefficient (Wildman–Crippen LogP) is 2.49. The Morgan fingerprint density at radius 1 is 1.29 bits per heavy atom. The number of rotatable bonds is 6. The van der Waals surface area contributed by atoms with Crippen LogP contribution >= 0.6 is 0 Å². The Kier molecular flexibility index (Phi) is 5.28. The van der Waals surface area contributed by atoms with Gasteiger partial charge in [-0.25, -0.2) is 0 Å². The van der Waals surface area contributed by atoms with Crippen molar-refractivity contribution in [1.29, 1.82) is 0 Å². The largest absolute Gasteiger partial charge is 0.358 e. The van der Waals surface area contributed by atoms with Crippen molar-refractivity contribution in [1.82, 2.24) is 15.6 Å². The summed E-state index contributed by atoms with van der Waals surface area (Å²) in [5.74, 6) is 0.516. The van der Waals surface area contributed by atoms with Gasteiger partial charge in [0.2, 0.25) is 5.91 Å². The van der Waals surface area contributed by atoms with Gasteiger partial charge in [0.25, 0.3) is 0 Å². The first-order chi connectivity index (χ1) is 10.1. The summed E-state index contributed by atoms with van der Waals surface area (Å²) in [6.45, 7) is 4.93. The number of amides is 1. The molecule has 0 fully saturated rings. The van der Waals surface area contributed by atoms with Crippen molar-refractivity contribution < 1.29 is 4.79 Å². The van der Waals surface area contributed by atoms with Gasteiger partial charge in [0.05, 0.1) is 6.04 Å². The number of nitrogens with one attached hydrogen (secondary N) is 2. The molecule has 0 spiro atoms. The van der Waals surface area contributed by atoms with Crippen molar-refractivity contribution in [2.45, 2.75) is 32.9 Å². The van der Waals surface area contributed by atoms with E-state index in [2.05, 4.69) is 41.6 Å². The fraction of sp³-hybridized carbons (Fsp3) is 0.412. The van der Waals surface area contributed by atoms with E-state index >= 15 is 0 Å². The number of carbonyl (C=O) groups excluding carboxylic acids is 1. The molecule has 4 heteroatoms. The van der Waals surface area contributed by atoms with Crippen LogP contribution in [0.25, 0.3) is 10.8 Å². The van der Waals surface area contributed by atoms with Crippen molar-refractivity contribution in [3.8, 4) is 0 Å². The van der Waals surface area contributed by atoms with Crippen molar-refractivity contribution in [3.63, 3.8) is 0 Å². The first kappa shape index (κ1) is 15.4. The van der Waals surface area contributed by atoms with Crippen LogP contribution in [0, 0.1) is 5.92 Å². The summed E-state index contributed by atoms with van der Waals surface area (Å²) in [6, 6.07) is 8.02. The van der Waals surface area contributed by atoms with Crippen LogP contribution in [0.5, 0.6) is 0 Å². The van der Waals surface area contributed by atoms with Gasteiger partial charge in [-0.05, 0) is 29.4 Å². The van der Waals surface area contributed by atoms with Crippen molar-refractivity contribution in [2.75, 3.05) is 7.05 Å². The maximum Gasteiger partial charge on any atom is 0.236 e. The third-order valence-electron chi connectivity index (χ3n) is 3.58. The first-order valence-electron chi connectivity index (χ1n) is 7.38. The molecule has 1 amide bonds. The Morgan fingerprint density at radius 3 is 2.81 bits per heavy atom. The lowest BCUT2D eigenvalue weighted by molar-refractivity contribution is -0.123. The lowest BCUT2D eigenvalue weighted by atomic mass is 10.0. The Labute approximate surface area is 126 Å². The van der Waals surface area contributed by atoms with E-state index in [9.17, 15) is 4.79 Å². The standard InChI is InChI=1S/C17H23N3O/c1-12(2)9-16(17(21)18-3)20-11-14-6-4-5-13-10-19-8-7-15(13)14/h4-8,10,12,16,20H,9,11H2,1-3H3,(H,18,21). The molecule has 0 radical (unpaired) electrons. The van der Waals surface area contributed by atoms with Crippen LogP contribution < -0.4 is 10.6 Å². The number of fused-ring (bicyclic) bond motifs is 1. The Morgan fingerprint density at radius 2 is 2.10 bits per heavy atom. The molecular weight excluding hydrogens is 262 g/mol. The topological polar surface area (TPSA) is 54.0 Å². The molecule has 2 aromatic rings. The smallest absolute Gasteiger partial charge is 0.236 e. The lowest BCUT2D eigenvalue weighted by Gasteiger charge is -2.19.